The Labute approximate surface area is 214 Å². The van der Waals surface area contributed by atoms with Crippen LogP contribution in [0.25, 0.3) is 21.3 Å². The zero-order valence-electron chi connectivity index (χ0n) is 20.1. The standard InChI is InChI=1S/C29H26N4O2S/c1-19-16-32(12-13-33(19)29(34)25-18-36-26-10-6-5-9-22(25)26)28-23(15-30)21-11-14-35-17-24(21)27(31-28)20-7-3-2-4-8-20/h2-10,18-19H,11-14,16-17H2,1H3. The second-order valence-electron chi connectivity index (χ2n) is 9.34. The molecule has 1 amide bonds. The number of pyridine rings is 1. The first-order valence-corrected chi connectivity index (χ1v) is 13.1. The second-order valence-corrected chi connectivity index (χ2v) is 10.2. The number of ether oxygens (including phenoxy) is 1. The summed E-state index contributed by atoms with van der Waals surface area (Å²) in [5, 5.41) is 13.2. The molecule has 0 N–H and O–H groups in total. The highest BCUT2D eigenvalue weighted by atomic mass is 32.1. The number of carbonyl (C=O) groups is 1. The highest BCUT2D eigenvalue weighted by Crippen LogP contribution is 2.36. The van der Waals surface area contributed by atoms with Crippen LogP contribution in [-0.2, 0) is 17.8 Å². The summed E-state index contributed by atoms with van der Waals surface area (Å²) >= 11 is 1.61. The fourth-order valence-corrected chi connectivity index (χ4v) is 6.30. The molecule has 180 valence electrons. The summed E-state index contributed by atoms with van der Waals surface area (Å²) in [6.45, 7) is 4.98. The molecule has 2 aliphatic heterocycles. The minimum absolute atomic E-state index is 0.0159. The third kappa shape index (κ3) is 3.83. The molecule has 1 fully saturated rings. The Kier molecular flexibility index (Phi) is 5.92. The normalized spacial score (nSPS) is 17.6. The van der Waals surface area contributed by atoms with Crippen LogP contribution in [0.15, 0.2) is 60.0 Å². The van der Waals surface area contributed by atoms with Crippen LogP contribution in [0.2, 0.25) is 0 Å². The van der Waals surface area contributed by atoms with Crippen molar-refractivity contribution in [1.82, 2.24) is 9.88 Å². The monoisotopic (exact) mass is 494 g/mol. The third-order valence-electron chi connectivity index (χ3n) is 7.19. The van der Waals surface area contributed by atoms with Crippen molar-refractivity contribution in [3.63, 3.8) is 0 Å². The van der Waals surface area contributed by atoms with E-state index in [1.165, 1.54) is 0 Å². The molecule has 4 aromatic rings. The number of rotatable bonds is 3. The van der Waals surface area contributed by atoms with Gasteiger partial charge in [0.1, 0.15) is 11.9 Å². The third-order valence-corrected chi connectivity index (χ3v) is 8.16. The SMILES string of the molecule is CC1CN(c2nc(-c3ccccc3)c3c(c2C#N)CCOC3)CCN1C(=O)c1csc2ccccc12. The Hall–Kier alpha value is -3.73. The van der Waals surface area contributed by atoms with E-state index in [9.17, 15) is 10.1 Å². The van der Waals surface area contributed by atoms with Gasteiger partial charge < -0.3 is 14.5 Å². The molecule has 1 saturated heterocycles. The molecule has 6 rings (SSSR count). The number of nitrogens with zero attached hydrogens (tertiary/aromatic N) is 4. The van der Waals surface area contributed by atoms with Crippen molar-refractivity contribution in [2.45, 2.75) is 26.0 Å². The summed E-state index contributed by atoms with van der Waals surface area (Å²) in [7, 11) is 0. The molecule has 1 atom stereocenters. The number of piperazine rings is 1. The minimum Gasteiger partial charge on any atom is -0.376 e. The molecule has 0 bridgehead atoms. The number of anilines is 1. The number of carbonyl (C=O) groups excluding carboxylic acids is 1. The summed E-state index contributed by atoms with van der Waals surface area (Å²) in [6.07, 6.45) is 0.701. The number of nitriles is 1. The van der Waals surface area contributed by atoms with E-state index in [0.717, 1.165) is 43.9 Å². The number of amides is 1. The Bertz CT molecular complexity index is 1490. The average molecular weight is 495 g/mol. The van der Waals surface area contributed by atoms with Gasteiger partial charge in [-0.05, 0) is 25.0 Å². The fraction of sp³-hybridized carbons (Fsp3) is 0.276. The Morgan fingerprint density at radius 3 is 2.72 bits per heavy atom. The molecule has 0 radical (unpaired) electrons. The van der Waals surface area contributed by atoms with Gasteiger partial charge in [-0.25, -0.2) is 4.98 Å². The zero-order chi connectivity index (χ0) is 24.6. The number of aromatic nitrogens is 1. The van der Waals surface area contributed by atoms with E-state index in [1.54, 1.807) is 11.3 Å². The van der Waals surface area contributed by atoms with Gasteiger partial charge in [0.2, 0.25) is 0 Å². The smallest absolute Gasteiger partial charge is 0.255 e. The van der Waals surface area contributed by atoms with Crippen LogP contribution in [0, 0.1) is 11.3 Å². The van der Waals surface area contributed by atoms with Gasteiger partial charge in [-0.1, -0.05) is 48.5 Å². The van der Waals surface area contributed by atoms with Crippen molar-refractivity contribution < 1.29 is 9.53 Å². The van der Waals surface area contributed by atoms with E-state index in [0.29, 0.717) is 44.8 Å². The van der Waals surface area contributed by atoms with Crippen LogP contribution in [-0.4, -0.2) is 48.1 Å². The summed E-state index contributed by atoms with van der Waals surface area (Å²) < 4.78 is 6.89. The molecular weight excluding hydrogens is 468 g/mol. The number of hydrogen-bond donors (Lipinski definition) is 0. The lowest BCUT2D eigenvalue weighted by molar-refractivity contribution is 0.0676. The van der Waals surface area contributed by atoms with Crippen molar-refractivity contribution in [3.8, 4) is 17.3 Å². The van der Waals surface area contributed by atoms with Crippen LogP contribution < -0.4 is 4.90 Å². The molecular formula is C29H26N4O2S. The molecule has 4 heterocycles. The quantitative estimate of drug-likeness (QED) is 0.389. The van der Waals surface area contributed by atoms with Gasteiger partial charge >= 0.3 is 0 Å². The van der Waals surface area contributed by atoms with Crippen LogP contribution >= 0.6 is 11.3 Å². The first-order valence-electron chi connectivity index (χ1n) is 12.3. The number of hydrogen-bond acceptors (Lipinski definition) is 6. The highest BCUT2D eigenvalue weighted by molar-refractivity contribution is 7.17. The van der Waals surface area contributed by atoms with Gasteiger partial charge in [0.25, 0.3) is 5.91 Å². The lowest BCUT2D eigenvalue weighted by Crippen LogP contribution is -2.54. The van der Waals surface area contributed by atoms with Gasteiger partial charge in [-0.2, -0.15) is 5.26 Å². The fourth-order valence-electron chi connectivity index (χ4n) is 5.37. The predicted molar refractivity (Wildman–Crippen MR) is 142 cm³/mol. The molecule has 2 aromatic heterocycles. The summed E-state index contributed by atoms with van der Waals surface area (Å²) in [5.74, 6) is 0.789. The Morgan fingerprint density at radius 2 is 1.92 bits per heavy atom. The molecule has 7 heteroatoms. The van der Waals surface area contributed by atoms with Gasteiger partial charge in [-0.15, -0.1) is 11.3 Å². The number of thiophene rings is 1. The Morgan fingerprint density at radius 1 is 1.11 bits per heavy atom. The molecule has 0 aliphatic carbocycles. The summed E-state index contributed by atoms with van der Waals surface area (Å²) in [5.41, 5.74) is 5.38. The lowest BCUT2D eigenvalue weighted by atomic mass is 9.93. The van der Waals surface area contributed by atoms with Crippen LogP contribution in [0.3, 0.4) is 0 Å². The molecule has 2 aromatic carbocycles. The average Bonchev–Trinajstić information content (AvgIpc) is 3.36. The Balaban J connectivity index is 1.33. The van der Waals surface area contributed by atoms with Crippen LogP contribution in [0.1, 0.15) is 34.0 Å². The number of fused-ring (bicyclic) bond motifs is 2. The van der Waals surface area contributed by atoms with Crippen molar-refractivity contribution in [3.05, 3.63) is 82.2 Å². The molecule has 6 nitrogen and oxygen atoms in total. The lowest BCUT2D eigenvalue weighted by Gasteiger charge is -2.41. The van der Waals surface area contributed by atoms with E-state index < -0.39 is 0 Å². The van der Waals surface area contributed by atoms with E-state index >= 15 is 0 Å². The van der Waals surface area contributed by atoms with Crippen molar-refractivity contribution in [2.75, 3.05) is 31.1 Å². The summed E-state index contributed by atoms with van der Waals surface area (Å²) in [6, 6.07) is 20.6. The van der Waals surface area contributed by atoms with Crippen molar-refractivity contribution in [2.24, 2.45) is 0 Å². The summed E-state index contributed by atoms with van der Waals surface area (Å²) in [4.78, 5) is 22.7. The van der Waals surface area contributed by atoms with Crippen molar-refractivity contribution in [1.29, 1.82) is 5.26 Å². The maximum Gasteiger partial charge on any atom is 0.255 e. The maximum atomic E-state index is 13.5. The first kappa shape index (κ1) is 22.7. The van der Waals surface area contributed by atoms with E-state index in [1.807, 2.05) is 46.7 Å². The van der Waals surface area contributed by atoms with Crippen molar-refractivity contribution >= 4 is 33.1 Å². The van der Waals surface area contributed by atoms with Crippen LogP contribution in [0.4, 0.5) is 5.82 Å². The van der Waals surface area contributed by atoms with Crippen LogP contribution in [0.5, 0.6) is 0 Å². The minimum atomic E-state index is -0.0159. The van der Waals surface area contributed by atoms with Gasteiger partial charge in [0.15, 0.2) is 0 Å². The number of benzene rings is 2. The highest BCUT2D eigenvalue weighted by Gasteiger charge is 2.33. The first-order chi connectivity index (χ1) is 17.7. The zero-order valence-corrected chi connectivity index (χ0v) is 20.9. The maximum absolute atomic E-state index is 13.5. The van der Waals surface area contributed by atoms with Gasteiger partial charge in [0, 0.05) is 52.3 Å². The molecule has 36 heavy (non-hydrogen) atoms. The molecule has 0 spiro atoms. The van der Waals surface area contributed by atoms with Gasteiger partial charge in [0.05, 0.1) is 30.0 Å². The predicted octanol–water partition coefficient (Wildman–Crippen LogP) is 5.26. The largest absolute Gasteiger partial charge is 0.376 e. The topological polar surface area (TPSA) is 69.5 Å². The second kappa shape index (κ2) is 9.38. The molecule has 1 unspecified atom stereocenters. The molecule has 2 aliphatic rings. The van der Waals surface area contributed by atoms with E-state index in [4.69, 9.17) is 9.72 Å². The van der Waals surface area contributed by atoms with Gasteiger partial charge in [-0.3, -0.25) is 4.79 Å². The van der Waals surface area contributed by atoms with E-state index in [-0.39, 0.29) is 11.9 Å². The van der Waals surface area contributed by atoms with E-state index in [2.05, 4.69) is 36.1 Å². The molecule has 0 saturated carbocycles.